The number of aromatic nitrogens is 1. The molecule has 82 valence electrons. The summed E-state index contributed by atoms with van der Waals surface area (Å²) in [7, 11) is 0. The summed E-state index contributed by atoms with van der Waals surface area (Å²) >= 11 is 0. The van der Waals surface area contributed by atoms with E-state index in [1.165, 1.54) is 12.0 Å². The van der Waals surface area contributed by atoms with Gasteiger partial charge in [-0.25, -0.2) is 4.98 Å². The molecule has 1 aliphatic rings. The maximum Gasteiger partial charge on any atom is 0.123 e. The van der Waals surface area contributed by atoms with E-state index in [2.05, 4.69) is 9.88 Å². The number of hydrogen-bond acceptors (Lipinski definition) is 4. The third-order valence-electron chi connectivity index (χ3n) is 2.94. The van der Waals surface area contributed by atoms with Crippen molar-refractivity contribution >= 4 is 5.82 Å². The summed E-state index contributed by atoms with van der Waals surface area (Å²) in [5.41, 5.74) is 6.79. The maximum absolute atomic E-state index is 9.19. The number of anilines is 1. The van der Waals surface area contributed by atoms with Crippen LogP contribution in [0, 0.1) is 0 Å². The standard InChI is InChI=1S/C11H17N3O/c12-11-6-9(3-4-13-11)7-14-5-1-2-10(14)8-15/h3-4,6,10,15H,1-2,5,7-8H2,(H2,12,13). The van der Waals surface area contributed by atoms with Crippen LogP contribution in [-0.2, 0) is 6.54 Å². The molecule has 15 heavy (non-hydrogen) atoms. The number of aliphatic hydroxyl groups excluding tert-OH is 1. The highest BCUT2D eigenvalue weighted by Crippen LogP contribution is 2.19. The quantitative estimate of drug-likeness (QED) is 0.762. The van der Waals surface area contributed by atoms with Gasteiger partial charge in [-0.1, -0.05) is 0 Å². The van der Waals surface area contributed by atoms with Gasteiger partial charge in [-0.3, -0.25) is 4.90 Å². The smallest absolute Gasteiger partial charge is 0.123 e. The van der Waals surface area contributed by atoms with Gasteiger partial charge in [-0.15, -0.1) is 0 Å². The minimum absolute atomic E-state index is 0.251. The molecule has 1 unspecified atom stereocenters. The van der Waals surface area contributed by atoms with E-state index in [-0.39, 0.29) is 6.61 Å². The second kappa shape index (κ2) is 4.59. The second-order valence-electron chi connectivity index (χ2n) is 4.04. The summed E-state index contributed by atoms with van der Waals surface area (Å²) in [6, 6.07) is 4.19. The summed E-state index contributed by atoms with van der Waals surface area (Å²) in [4.78, 5) is 6.26. The van der Waals surface area contributed by atoms with Gasteiger partial charge in [0.15, 0.2) is 0 Å². The van der Waals surface area contributed by atoms with Crippen molar-refractivity contribution in [3.05, 3.63) is 23.9 Å². The number of nitrogen functional groups attached to an aromatic ring is 1. The average Bonchev–Trinajstić information content (AvgIpc) is 2.65. The molecule has 0 bridgehead atoms. The van der Waals surface area contributed by atoms with Crippen molar-refractivity contribution < 1.29 is 5.11 Å². The fraction of sp³-hybridized carbons (Fsp3) is 0.545. The Bertz CT molecular complexity index is 329. The van der Waals surface area contributed by atoms with Gasteiger partial charge in [-0.05, 0) is 37.1 Å². The van der Waals surface area contributed by atoms with E-state index in [4.69, 9.17) is 5.73 Å². The molecule has 0 saturated carbocycles. The van der Waals surface area contributed by atoms with Crippen molar-refractivity contribution in [3.8, 4) is 0 Å². The number of pyridine rings is 1. The minimum Gasteiger partial charge on any atom is -0.395 e. The summed E-state index contributed by atoms with van der Waals surface area (Å²) in [6.45, 7) is 2.17. The monoisotopic (exact) mass is 207 g/mol. The first-order valence-corrected chi connectivity index (χ1v) is 5.35. The van der Waals surface area contributed by atoms with Crippen LogP contribution in [0.5, 0.6) is 0 Å². The third-order valence-corrected chi connectivity index (χ3v) is 2.94. The lowest BCUT2D eigenvalue weighted by molar-refractivity contribution is 0.153. The molecule has 2 heterocycles. The van der Waals surface area contributed by atoms with Crippen LogP contribution in [-0.4, -0.2) is 34.2 Å². The summed E-state index contributed by atoms with van der Waals surface area (Å²) in [5.74, 6) is 0.562. The molecule has 4 nitrogen and oxygen atoms in total. The summed E-state index contributed by atoms with van der Waals surface area (Å²) in [6.07, 6.45) is 4.00. The lowest BCUT2D eigenvalue weighted by Gasteiger charge is -2.22. The number of likely N-dealkylation sites (tertiary alicyclic amines) is 1. The van der Waals surface area contributed by atoms with E-state index in [1.807, 2.05) is 12.1 Å². The molecule has 2 rings (SSSR count). The van der Waals surface area contributed by atoms with Gasteiger partial charge in [0, 0.05) is 18.8 Å². The molecule has 4 heteroatoms. The average molecular weight is 207 g/mol. The van der Waals surface area contributed by atoms with E-state index >= 15 is 0 Å². The SMILES string of the molecule is Nc1cc(CN2CCCC2CO)ccn1. The van der Waals surface area contributed by atoms with Crippen molar-refractivity contribution in [2.24, 2.45) is 0 Å². The first-order chi connectivity index (χ1) is 7.29. The van der Waals surface area contributed by atoms with Crippen molar-refractivity contribution in [1.29, 1.82) is 0 Å². The molecular weight excluding hydrogens is 190 g/mol. The number of rotatable bonds is 3. The van der Waals surface area contributed by atoms with E-state index < -0.39 is 0 Å². The highest BCUT2D eigenvalue weighted by molar-refractivity contribution is 5.31. The highest BCUT2D eigenvalue weighted by Gasteiger charge is 2.23. The summed E-state index contributed by atoms with van der Waals surface area (Å²) < 4.78 is 0. The molecule has 0 radical (unpaired) electrons. The molecule has 0 spiro atoms. The minimum atomic E-state index is 0.251. The molecule has 0 aromatic carbocycles. The van der Waals surface area contributed by atoms with Gasteiger partial charge >= 0.3 is 0 Å². The van der Waals surface area contributed by atoms with E-state index in [9.17, 15) is 5.11 Å². The van der Waals surface area contributed by atoms with Crippen LogP contribution in [0.4, 0.5) is 5.82 Å². The van der Waals surface area contributed by atoms with Crippen molar-refractivity contribution in [2.75, 3.05) is 18.9 Å². The molecule has 1 fully saturated rings. The molecule has 0 aliphatic carbocycles. The lowest BCUT2D eigenvalue weighted by atomic mass is 10.2. The van der Waals surface area contributed by atoms with Gasteiger partial charge in [0.05, 0.1) is 6.61 Å². The molecule has 1 aliphatic heterocycles. The van der Waals surface area contributed by atoms with Crippen molar-refractivity contribution in [2.45, 2.75) is 25.4 Å². The van der Waals surface area contributed by atoms with Crippen molar-refractivity contribution in [3.63, 3.8) is 0 Å². The Labute approximate surface area is 89.7 Å². The first kappa shape index (κ1) is 10.4. The largest absolute Gasteiger partial charge is 0.395 e. The predicted octanol–water partition coefficient (Wildman–Crippen LogP) is 0.621. The predicted molar refractivity (Wildman–Crippen MR) is 59.2 cm³/mol. The van der Waals surface area contributed by atoms with Gasteiger partial charge in [0.2, 0.25) is 0 Å². The molecule has 1 aromatic rings. The number of hydrogen-bond donors (Lipinski definition) is 2. The van der Waals surface area contributed by atoms with Crippen LogP contribution in [0.3, 0.4) is 0 Å². The fourth-order valence-corrected chi connectivity index (χ4v) is 2.14. The molecule has 1 aromatic heterocycles. The van der Waals surface area contributed by atoms with Crippen LogP contribution < -0.4 is 5.73 Å². The Morgan fingerprint density at radius 2 is 2.47 bits per heavy atom. The van der Waals surface area contributed by atoms with E-state index in [0.717, 1.165) is 19.5 Å². The fourth-order valence-electron chi connectivity index (χ4n) is 2.14. The maximum atomic E-state index is 9.19. The normalized spacial score (nSPS) is 22.1. The van der Waals surface area contributed by atoms with Gasteiger partial charge in [-0.2, -0.15) is 0 Å². The molecular formula is C11H17N3O. The van der Waals surface area contributed by atoms with Gasteiger partial charge < -0.3 is 10.8 Å². The number of aliphatic hydroxyl groups is 1. The van der Waals surface area contributed by atoms with E-state index in [0.29, 0.717) is 11.9 Å². The Balaban J connectivity index is 2.02. The lowest BCUT2D eigenvalue weighted by Crippen LogP contribution is -2.31. The molecule has 1 atom stereocenters. The molecule has 3 N–H and O–H groups in total. The van der Waals surface area contributed by atoms with Crippen LogP contribution in [0.1, 0.15) is 18.4 Å². The Hall–Kier alpha value is -1.13. The van der Waals surface area contributed by atoms with Crippen LogP contribution in [0.25, 0.3) is 0 Å². The van der Waals surface area contributed by atoms with Crippen LogP contribution in [0.2, 0.25) is 0 Å². The number of nitrogens with two attached hydrogens (primary N) is 1. The van der Waals surface area contributed by atoms with Gasteiger partial charge in [0.1, 0.15) is 5.82 Å². The topological polar surface area (TPSA) is 62.4 Å². The van der Waals surface area contributed by atoms with Crippen LogP contribution >= 0.6 is 0 Å². The Kier molecular flexibility index (Phi) is 3.18. The van der Waals surface area contributed by atoms with Crippen LogP contribution in [0.15, 0.2) is 18.3 Å². The first-order valence-electron chi connectivity index (χ1n) is 5.35. The Morgan fingerprint density at radius 3 is 3.20 bits per heavy atom. The zero-order valence-corrected chi connectivity index (χ0v) is 8.76. The van der Waals surface area contributed by atoms with Gasteiger partial charge in [0.25, 0.3) is 0 Å². The van der Waals surface area contributed by atoms with E-state index in [1.54, 1.807) is 6.20 Å². The zero-order valence-electron chi connectivity index (χ0n) is 8.76. The van der Waals surface area contributed by atoms with Crippen molar-refractivity contribution in [1.82, 2.24) is 9.88 Å². The zero-order chi connectivity index (χ0) is 10.7. The third kappa shape index (κ3) is 2.46. The Morgan fingerprint density at radius 1 is 1.60 bits per heavy atom. The highest BCUT2D eigenvalue weighted by atomic mass is 16.3. The summed E-state index contributed by atoms with van der Waals surface area (Å²) in [5, 5.41) is 9.19. The molecule has 0 amide bonds. The number of nitrogens with zero attached hydrogens (tertiary/aromatic N) is 2. The second-order valence-corrected chi connectivity index (χ2v) is 4.04. The molecule has 1 saturated heterocycles.